The number of hydrogen-bond donors (Lipinski definition) is 1. The van der Waals surface area contributed by atoms with Gasteiger partial charge >= 0.3 is 0 Å². The molecule has 0 heterocycles. The second kappa shape index (κ2) is 8.12. The smallest absolute Gasteiger partial charge is 0.00639 e. The molecule has 0 aromatic rings. The first-order chi connectivity index (χ1) is 6.97. The topological polar surface area (TPSA) is 15.3 Å². The van der Waals surface area contributed by atoms with Gasteiger partial charge in [0.05, 0.1) is 0 Å². The monoisotopic (exact) mass is 214 g/mol. The third-order valence-corrected chi connectivity index (χ3v) is 2.93. The van der Waals surface area contributed by atoms with Gasteiger partial charge in [-0.05, 0) is 32.9 Å². The normalized spacial score (nSPS) is 16.0. The van der Waals surface area contributed by atoms with Crippen molar-refractivity contribution in [2.45, 2.75) is 59.5 Å². The minimum Gasteiger partial charge on any atom is -0.314 e. The van der Waals surface area contributed by atoms with Gasteiger partial charge < -0.3 is 10.2 Å². The zero-order valence-electron chi connectivity index (χ0n) is 11.5. The van der Waals surface area contributed by atoms with Gasteiger partial charge in [-0.1, -0.05) is 34.1 Å². The van der Waals surface area contributed by atoms with Crippen molar-refractivity contribution >= 4 is 0 Å². The summed E-state index contributed by atoms with van der Waals surface area (Å²) in [7, 11) is 2.24. The summed E-state index contributed by atoms with van der Waals surface area (Å²) in [6, 6.07) is 1.32. The zero-order chi connectivity index (χ0) is 11.8. The van der Waals surface area contributed by atoms with E-state index in [1.165, 1.54) is 19.4 Å². The van der Waals surface area contributed by atoms with Gasteiger partial charge in [0.15, 0.2) is 0 Å². The van der Waals surface area contributed by atoms with E-state index in [1.54, 1.807) is 0 Å². The van der Waals surface area contributed by atoms with Crippen LogP contribution in [-0.2, 0) is 0 Å². The van der Waals surface area contributed by atoms with Gasteiger partial charge in [-0.2, -0.15) is 0 Å². The molecule has 2 unspecified atom stereocenters. The highest BCUT2D eigenvalue weighted by Crippen LogP contribution is 2.06. The first kappa shape index (κ1) is 14.9. The number of nitrogens with one attached hydrogen (secondary N) is 1. The van der Waals surface area contributed by atoms with Crippen LogP contribution in [0.3, 0.4) is 0 Å². The quantitative estimate of drug-likeness (QED) is 0.668. The average molecular weight is 214 g/mol. The molecule has 0 saturated heterocycles. The molecule has 0 fully saturated rings. The molecule has 0 saturated carbocycles. The molecule has 1 N–H and O–H groups in total. The molecule has 2 heteroatoms. The Bertz CT molecular complexity index is 145. The van der Waals surface area contributed by atoms with E-state index in [0.29, 0.717) is 6.04 Å². The Labute approximate surface area is 96.4 Å². The molecule has 0 aromatic heterocycles. The van der Waals surface area contributed by atoms with Crippen molar-refractivity contribution in [2.75, 3.05) is 20.1 Å². The molecule has 2 nitrogen and oxygen atoms in total. The van der Waals surface area contributed by atoms with Crippen LogP contribution in [0, 0.1) is 5.92 Å². The van der Waals surface area contributed by atoms with Gasteiger partial charge in [0, 0.05) is 18.6 Å². The lowest BCUT2D eigenvalue weighted by Gasteiger charge is -2.27. The Hall–Kier alpha value is -0.0800. The Morgan fingerprint density at radius 1 is 1.13 bits per heavy atom. The van der Waals surface area contributed by atoms with Gasteiger partial charge in [-0.3, -0.25) is 0 Å². The van der Waals surface area contributed by atoms with E-state index < -0.39 is 0 Å². The van der Waals surface area contributed by atoms with Crippen molar-refractivity contribution in [2.24, 2.45) is 5.92 Å². The van der Waals surface area contributed by atoms with Crippen molar-refractivity contribution in [3.05, 3.63) is 0 Å². The van der Waals surface area contributed by atoms with Crippen molar-refractivity contribution < 1.29 is 0 Å². The van der Waals surface area contributed by atoms with E-state index in [-0.39, 0.29) is 0 Å². The minimum atomic E-state index is 0.603. The summed E-state index contributed by atoms with van der Waals surface area (Å²) < 4.78 is 0. The van der Waals surface area contributed by atoms with Crippen LogP contribution in [-0.4, -0.2) is 37.1 Å². The fraction of sp³-hybridized carbons (Fsp3) is 1.00. The lowest BCUT2D eigenvalue weighted by atomic mass is 10.1. The summed E-state index contributed by atoms with van der Waals surface area (Å²) in [5, 5.41) is 3.49. The SMILES string of the molecule is CCCC(C)N(C)CC(C)CNC(C)C. The van der Waals surface area contributed by atoms with E-state index in [1.807, 2.05) is 0 Å². The van der Waals surface area contributed by atoms with Crippen LogP contribution < -0.4 is 5.32 Å². The summed E-state index contributed by atoms with van der Waals surface area (Å²) in [6.07, 6.45) is 2.59. The first-order valence-electron chi connectivity index (χ1n) is 6.41. The molecule has 0 rings (SSSR count). The Kier molecular flexibility index (Phi) is 8.07. The number of rotatable bonds is 8. The summed E-state index contributed by atoms with van der Waals surface area (Å²) >= 11 is 0. The molecule has 0 bridgehead atoms. The average Bonchev–Trinajstić information content (AvgIpc) is 2.15. The molecule has 15 heavy (non-hydrogen) atoms. The minimum absolute atomic E-state index is 0.603. The maximum Gasteiger partial charge on any atom is 0.00639 e. The summed E-state index contributed by atoms with van der Waals surface area (Å²) in [6.45, 7) is 13.6. The van der Waals surface area contributed by atoms with E-state index in [9.17, 15) is 0 Å². The van der Waals surface area contributed by atoms with E-state index >= 15 is 0 Å². The van der Waals surface area contributed by atoms with E-state index in [2.05, 4.69) is 51.9 Å². The fourth-order valence-electron chi connectivity index (χ4n) is 1.81. The standard InChI is InChI=1S/C13H30N2/c1-7-8-13(5)15(6)10-12(4)9-14-11(2)3/h11-14H,7-10H2,1-6H3. The molecule has 0 aliphatic heterocycles. The highest BCUT2D eigenvalue weighted by atomic mass is 15.1. The molecule has 0 aliphatic carbocycles. The van der Waals surface area contributed by atoms with Crippen molar-refractivity contribution in [1.82, 2.24) is 10.2 Å². The van der Waals surface area contributed by atoms with E-state index in [4.69, 9.17) is 0 Å². The Morgan fingerprint density at radius 2 is 1.73 bits per heavy atom. The molecule has 0 amide bonds. The summed E-state index contributed by atoms with van der Waals surface area (Å²) in [5.41, 5.74) is 0. The predicted octanol–water partition coefficient (Wildman–Crippen LogP) is 2.74. The maximum absolute atomic E-state index is 3.49. The molecule has 2 atom stereocenters. The van der Waals surface area contributed by atoms with Gasteiger partial charge in [0.25, 0.3) is 0 Å². The summed E-state index contributed by atoms with van der Waals surface area (Å²) in [4.78, 5) is 2.48. The fourth-order valence-corrected chi connectivity index (χ4v) is 1.81. The molecule has 0 spiro atoms. The molecule has 0 aliphatic rings. The number of nitrogens with zero attached hydrogens (tertiary/aromatic N) is 1. The lowest BCUT2D eigenvalue weighted by molar-refractivity contribution is 0.210. The third-order valence-electron chi connectivity index (χ3n) is 2.93. The molecular formula is C13H30N2. The van der Waals surface area contributed by atoms with Crippen LogP contribution in [0.25, 0.3) is 0 Å². The van der Waals surface area contributed by atoms with Crippen LogP contribution >= 0.6 is 0 Å². The Balaban J connectivity index is 3.69. The maximum atomic E-state index is 3.49. The van der Waals surface area contributed by atoms with Crippen molar-refractivity contribution in [1.29, 1.82) is 0 Å². The lowest BCUT2D eigenvalue weighted by Crippen LogP contribution is -2.37. The van der Waals surface area contributed by atoms with Crippen molar-refractivity contribution in [3.8, 4) is 0 Å². The molecule has 0 aromatic carbocycles. The van der Waals surface area contributed by atoms with Crippen LogP contribution in [0.1, 0.15) is 47.5 Å². The highest BCUT2D eigenvalue weighted by Gasteiger charge is 2.11. The van der Waals surface area contributed by atoms with Crippen LogP contribution in [0.2, 0.25) is 0 Å². The van der Waals surface area contributed by atoms with Gasteiger partial charge in [0.1, 0.15) is 0 Å². The van der Waals surface area contributed by atoms with Crippen LogP contribution in [0.5, 0.6) is 0 Å². The Morgan fingerprint density at radius 3 is 2.20 bits per heavy atom. The van der Waals surface area contributed by atoms with Gasteiger partial charge in [-0.15, -0.1) is 0 Å². The second-order valence-electron chi connectivity index (χ2n) is 5.25. The molecular weight excluding hydrogens is 184 g/mol. The van der Waals surface area contributed by atoms with Gasteiger partial charge in [0.2, 0.25) is 0 Å². The predicted molar refractivity (Wildman–Crippen MR) is 69.3 cm³/mol. The van der Waals surface area contributed by atoms with Gasteiger partial charge in [-0.25, -0.2) is 0 Å². The second-order valence-corrected chi connectivity index (χ2v) is 5.25. The number of hydrogen-bond acceptors (Lipinski definition) is 2. The van der Waals surface area contributed by atoms with E-state index in [0.717, 1.165) is 18.5 Å². The molecule has 0 radical (unpaired) electrons. The van der Waals surface area contributed by atoms with Crippen LogP contribution in [0.4, 0.5) is 0 Å². The van der Waals surface area contributed by atoms with Crippen molar-refractivity contribution in [3.63, 3.8) is 0 Å². The molecule has 92 valence electrons. The van der Waals surface area contributed by atoms with Crippen LogP contribution in [0.15, 0.2) is 0 Å². The largest absolute Gasteiger partial charge is 0.314 e. The zero-order valence-corrected chi connectivity index (χ0v) is 11.5. The third kappa shape index (κ3) is 7.80. The first-order valence-corrected chi connectivity index (χ1v) is 6.41. The highest BCUT2D eigenvalue weighted by molar-refractivity contribution is 4.68. The summed E-state index contributed by atoms with van der Waals surface area (Å²) in [5.74, 6) is 0.733.